The van der Waals surface area contributed by atoms with Crippen LogP contribution in [0, 0.1) is 11.3 Å². The molecule has 4 aromatic rings. The number of amides is 4. The molecule has 5 heterocycles. The fraction of sp³-hybridized carbons (Fsp3) is 0.480. The number of nitrogens with zero attached hydrogens (tertiary/aromatic N) is 5. The predicted molar refractivity (Wildman–Crippen MR) is 246 cm³/mol. The van der Waals surface area contributed by atoms with E-state index in [0.717, 1.165) is 62.6 Å². The van der Waals surface area contributed by atoms with Crippen LogP contribution >= 0.6 is 0 Å². The molecule has 0 aliphatic carbocycles. The van der Waals surface area contributed by atoms with Crippen LogP contribution in [-0.2, 0) is 52.8 Å². The molecule has 1 unspecified atom stereocenters. The third kappa shape index (κ3) is 10.7. The van der Waals surface area contributed by atoms with Gasteiger partial charge < -0.3 is 29.2 Å². The Bertz CT molecular complexity index is 2540. The second-order valence-corrected chi connectivity index (χ2v) is 18.6. The first-order valence-electron chi connectivity index (χ1n) is 22.8. The van der Waals surface area contributed by atoms with Crippen LogP contribution in [-0.4, -0.2) is 119 Å². The summed E-state index contributed by atoms with van der Waals surface area (Å²) in [6.07, 6.45) is -2.68. The van der Waals surface area contributed by atoms with Gasteiger partial charge in [-0.3, -0.25) is 34.0 Å². The number of carbonyl (C=O) groups is 5. The van der Waals surface area contributed by atoms with Crippen LogP contribution in [0.1, 0.15) is 76.3 Å². The van der Waals surface area contributed by atoms with E-state index in [4.69, 9.17) is 14.5 Å². The Labute approximate surface area is 388 Å². The number of aryl methyl sites for hydroxylation is 1. The highest BCUT2D eigenvalue weighted by molar-refractivity contribution is 5.96. The van der Waals surface area contributed by atoms with Gasteiger partial charge in [0.2, 0.25) is 17.7 Å². The quantitative estimate of drug-likeness (QED) is 0.133. The Morgan fingerprint density at radius 1 is 1.09 bits per heavy atom. The Balaban J connectivity index is 1.30. The number of methoxy groups -OCH3 is 1. The van der Waals surface area contributed by atoms with Crippen LogP contribution in [0.3, 0.4) is 0 Å². The summed E-state index contributed by atoms with van der Waals surface area (Å²) >= 11 is 0. The SMILES string of the molecule is C=CC(=O)N1CC[C@H](C(=O)N(C)[C@@H](CC(F)(F)F)C(=O)N[C@H]2Cc3cccc(c3)-c3ccc4c(c3)c(c(-c3cccnc3[C@H](C)OC)n4CC)CC(C)(C)COC(=O)C3CCCN(N3)C2=O)C1. The van der Waals surface area contributed by atoms with E-state index in [1.54, 1.807) is 19.4 Å². The first-order valence-corrected chi connectivity index (χ1v) is 22.8. The highest BCUT2D eigenvalue weighted by Gasteiger charge is 2.44. The second kappa shape index (κ2) is 20.0. The number of cyclic esters (lactones) is 1. The zero-order chi connectivity index (χ0) is 48.4. The molecule has 2 N–H and O–H groups in total. The standard InChI is InChI=1S/C50H60F3N7O7/c1-8-42(61)58-22-19-34(28-58)46(63)57(6)41(27-50(51,52)53)45(62)55-39-24-31-13-10-14-32(23-31)33-17-18-40-36(25-33)37(44(59(40)9-2)35-15-11-20-54-43(35)30(3)66-7)26-49(4,5)29-67-48(65)38-16-12-21-60(56-38)47(39)64/h8,10-11,13-15,17-18,20,23,25,30,34,38-39,41,56H,1,9,12,16,19,21-22,24,26-29H2,2-7H3,(H,55,62)/t30-,34-,38?,39-,41-/m0/s1. The minimum Gasteiger partial charge on any atom is -0.464 e. The van der Waals surface area contributed by atoms with Gasteiger partial charge in [-0.25, -0.2) is 5.43 Å². The van der Waals surface area contributed by atoms with Gasteiger partial charge >= 0.3 is 12.1 Å². The Morgan fingerprint density at radius 2 is 1.85 bits per heavy atom. The Morgan fingerprint density at radius 3 is 2.57 bits per heavy atom. The fourth-order valence-corrected chi connectivity index (χ4v) is 9.61. The topological polar surface area (TPSA) is 155 Å². The number of esters is 1. The van der Waals surface area contributed by atoms with Gasteiger partial charge in [-0.05, 0) is 92.1 Å². The highest BCUT2D eigenvalue weighted by atomic mass is 19.4. The number of likely N-dealkylation sites (N-methyl/N-ethyl adjacent to an activating group) is 1. The molecule has 67 heavy (non-hydrogen) atoms. The van der Waals surface area contributed by atoms with Gasteiger partial charge in [0.1, 0.15) is 18.1 Å². The van der Waals surface area contributed by atoms with E-state index in [1.165, 1.54) is 9.91 Å². The van der Waals surface area contributed by atoms with Crippen LogP contribution in [0.25, 0.3) is 33.3 Å². The van der Waals surface area contributed by atoms with Crippen LogP contribution < -0.4 is 10.7 Å². The maximum absolute atomic E-state index is 14.6. The van der Waals surface area contributed by atoms with E-state index in [1.807, 2.05) is 57.2 Å². The average molecular weight is 928 g/mol. The Kier molecular flexibility index (Phi) is 14.6. The van der Waals surface area contributed by atoms with Crippen molar-refractivity contribution in [2.24, 2.45) is 11.3 Å². The van der Waals surface area contributed by atoms with Crippen molar-refractivity contribution in [1.29, 1.82) is 0 Å². The number of carbonyl (C=O) groups excluding carboxylic acids is 5. The third-order valence-electron chi connectivity index (χ3n) is 13.2. The van der Waals surface area contributed by atoms with E-state index >= 15 is 0 Å². The van der Waals surface area contributed by atoms with Crippen molar-refractivity contribution < 1.29 is 46.6 Å². The summed E-state index contributed by atoms with van der Waals surface area (Å²) in [5, 5.41) is 4.81. The molecule has 5 atom stereocenters. The number of hydrazine groups is 1. The number of rotatable bonds is 10. The third-order valence-corrected chi connectivity index (χ3v) is 13.2. The number of nitrogens with one attached hydrogen (secondary N) is 2. The number of hydrogen-bond acceptors (Lipinski definition) is 9. The van der Waals surface area contributed by atoms with Crippen molar-refractivity contribution in [3.8, 4) is 22.4 Å². The molecule has 2 aromatic heterocycles. The lowest BCUT2D eigenvalue weighted by Crippen LogP contribution is -2.62. The molecule has 4 amide bonds. The number of fused-ring (bicyclic) bond motifs is 6. The zero-order valence-electron chi connectivity index (χ0n) is 39.0. The van der Waals surface area contributed by atoms with Crippen LogP contribution in [0.2, 0.25) is 0 Å². The molecule has 2 fully saturated rings. The number of aromatic nitrogens is 2. The first-order chi connectivity index (χ1) is 31.8. The number of halogens is 3. The largest absolute Gasteiger partial charge is 0.464 e. The van der Waals surface area contributed by atoms with Gasteiger partial charge in [0.25, 0.3) is 5.91 Å². The normalized spacial score (nSPS) is 21.0. The lowest BCUT2D eigenvalue weighted by atomic mass is 9.84. The fourth-order valence-electron chi connectivity index (χ4n) is 9.61. The molecule has 14 nitrogen and oxygen atoms in total. The van der Waals surface area contributed by atoms with Crippen molar-refractivity contribution in [2.45, 2.75) is 103 Å². The van der Waals surface area contributed by atoms with E-state index in [2.05, 4.69) is 40.9 Å². The number of alkyl halides is 3. The number of pyridine rings is 1. The van der Waals surface area contributed by atoms with Gasteiger partial charge in [0.05, 0.1) is 36.4 Å². The van der Waals surface area contributed by atoms with Gasteiger partial charge in [-0.15, -0.1) is 0 Å². The molecule has 358 valence electrons. The number of likely N-dealkylation sites (tertiary alicyclic amines) is 1. The summed E-state index contributed by atoms with van der Waals surface area (Å²) in [7, 11) is 2.78. The first kappa shape index (κ1) is 48.9. The summed E-state index contributed by atoms with van der Waals surface area (Å²) in [6.45, 7) is 12.6. The zero-order valence-corrected chi connectivity index (χ0v) is 39.0. The van der Waals surface area contributed by atoms with Crippen LogP contribution in [0.15, 0.2) is 73.4 Å². The predicted octanol–water partition coefficient (Wildman–Crippen LogP) is 6.56. The van der Waals surface area contributed by atoms with Gasteiger partial charge in [0, 0.05) is 74.8 Å². The summed E-state index contributed by atoms with van der Waals surface area (Å²) in [4.78, 5) is 75.5. The van der Waals surface area contributed by atoms with Crippen molar-refractivity contribution in [3.63, 3.8) is 0 Å². The van der Waals surface area contributed by atoms with Gasteiger partial charge in [-0.1, -0.05) is 50.8 Å². The number of benzene rings is 2. The van der Waals surface area contributed by atoms with Crippen LogP contribution in [0.4, 0.5) is 13.2 Å². The van der Waals surface area contributed by atoms with Crippen molar-refractivity contribution >= 4 is 40.5 Å². The molecule has 6 bridgehead atoms. The smallest absolute Gasteiger partial charge is 0.391 e. The molecule has 3 aliphatic rings. The summed E-state index contributed by atoms with van der Waals surface area (Å²) in [5.74, 6) is -4.42. The molecule has 0 radical (unpaired) electrons. The Hall–Kier alpha value is -6.07. The molecular weight excluding hydrogens is 868 g/mol. The van der Waals surface area contributed by atoms with Gasteiger partial charge in [0.15, 0.2) is 0 Å². The minimum atomic E-state index is -4.87. The summed E-state index contributed by atoms with van der Waals surface area (Å²) in [5.41, 5.74) is 9.38. The van der Waals surface area contributed by atoms with Gasteiger partial charge in [-0.2, -0.15) is 13.2 Å². The molecule has 7 rings (SSSR count). The molecule has 0 spiro atoms. The molecule has 2 aromatic carbocycles. The average Bonchev–Trinajstić information content (AvgIpc) is 3.93. The molecule has 0 saturated carbocycles. The van der Waals surface area contributed by atoms with E-state index in [0.29, 0.717) is 31.4 Å². The molecule has 2 saturated heterocycles. The second-order valence-electron chi connectivity index (χ2n) is 18.6. The van der Waals surface area contributed by atoms with E-state index in [9.17, 15) is 37.1 Å². The van der Waals surface area contributed by atoms with Crippen LogP contribution in [0.5, 0.6) is 0 Å². The summed E-state index contributed by atoms with van der Waals surface area (Å²) in [6, 6.07) is 13.2. The lowest BCUT2D eigenvalue weighted by Gasteiger charge is -2.36. The van der Waals surface area contributed by atoms with E-state index < -0.39 is 71.7 Å². The maximum Gasteiger partial charge on any atom is 0.391 e. The van der Waals surface area contributed by atoms with E-state index in [-0.39, 0.29) is 45.2 Å². The highest BCUT2D eigenvalue weighted by Crippen LogP contribution is 2.42. The van der Waals surface area contributed by atoms with Crippen molar-refractivity contribution in [2.75, 3.05) is 40.4 Å². The van der Waals surface area contributed by atoms with Crippen molar-refractivity contribution in [3.05, 3.63) is 90.3 Å². The lowest BCUT2D eigenvalue weighted by molar-refractivity contribution is -0.163. The maximum atomic E-state index is 14.6. The molecule has 3 aliphatic heterocycles. The summed E-state index contributed by atoms with van der Waals surface area (Å²) < 4.78 is 56.8. The minimum absolute atomic E-state index is 0.0352. The number of ether oxygens (including phenoxy) is 2. The van der Waals surface area contributed by atoms with Crippen molar-refractivity contribution in [1.82, 2.24) is 35.1 Å². The monoisotopic (exact) mass is 927 g/mol. The molecule has 17 heteroatoms. The molecular formula is C50H60F3N7O7. The number of hydrogen-bond donors (Lipinski definition) is 2.